The molecular weight excluding hydrogens is 324 g/mol. The number of nitrogens with zero attached hydrogens (tertiary/aromatic N) is 3. The van der Waals surface area contributed by atoms with Crippen molar-refractivity contribution < 1.29 is 19.2 Å². The first-order chi connectivity index (χ1) is 11.0. The van der Waals surface area contributed by atoms with Crippen molar-refractivity contribution in [1.82, 2.24) is 15.5 Å². The molecule has 0 aliphatic rings. The van der Waals surface area contributed by atoms with Crippen LogP contribution in [0.15, 0.2) is 27.8 Å². The van der Waals surface area contributed by atoms with Crippen LogP contribution in [0.3, 0.4) is 0 Å². The number of nitro groups is 1. The second-order valence-electron chi connectivity index (χ2n) is 4.42. The Balaban J connectivity index is 2.01. The highest BCUT2D eigenvalue weighted by atomic mass is 32.2. The number of carbonyl (C=O) groups excluding carboxylic acids is 1. The van der Waals surface area contributed by atoms with Crippen molar-refractivity contribution >= 4 is 23.4 Å². The van der Waals surface area contributed by atoms with E-state index in [1.54, 1.807) is 0 Å². The minimum atomic E-state index is -0.533. The number of amides is 1. The number of hydrogen-bond acceptors (Lipinski definition) is 8. The lowest BCUT2D eigenvalue weighted by atomic mass is 10.1. The summed E-state index contributed by atoms with van der Waals surface area (Å²) >= 11 is 1.20. The summed E-state index contributed by atoms with van der Waals surface area (Å²) < 4.78 is 5.27. The molecule has 0 radical (unpaired) electrons. The average molecular weight is 338 g/mol. The number of nitro benzene ring substituents is 1. The van der Waals surface area contributed by atoms with E-state index in [4.69, 9.17) is 9.52 Å². The van der Waals surface area contributed by atoms with Crippen LogP contribution in [0.5, 0.6) is 0 Å². The summed E-state index contributed by atoms with van der Waals surface area (Å²) in [4.78, 5) is 22.5. The molecule has 0 saturated carbocycles. The van der Waals surface area contributed by atoms with Gasteiger partial charge in [0.1, 0.15) is 0 Å². The number of aliphatic hydroxyl groups is 1. The van der Waals surface area contributed by atoms with Gasteiger partial charge in [-0.05, 0) is 13.0 Å². The molecule has 2 N–H and O–H groups in total. The topological polar surface area (TPSA) is 131 Å². The van der Waals surface area contributed by atoms with E-state index in [9.17, 15) is 14.9 Å². The van der Waals surface area contributed by atoms with Gasteiger partial charge in [-0.25, -0.2) is 0 Å². The van der Waals surface area contributed by atoms with Gasteiger partial charge in [0.25, 0.3) is 16.8 Å². The number of benzene rings is 1. The van der Waals surface area contributed by atoms with Crippen LogP contribution in [-0.2, 0) is 6.54 Å². The number of nitrogens with one attached hydrogen (secondary N) is 1. The lowest BCUT2D eigenvalue weighted by molar-refractivity contribution is -0.385. The lowest BCUT2D eigenvalue weighted by Crippen LogP contribution is -2.24. The molecule has 122 valence electrons. The van der Waals surface area contributed by atoms with Gasteiger partial charge in [-0.1, -0.05) is 17.8 Å². The number of thioether (sulfide) groups is 1. The van der Waals surface area contributed by atoms with E-state index in [-0.39, 0.29) is 30.3 Å². The molecule has 9 nitrogen and oxygen atoms in total. The van der Waals surface area contributed by atoms with Crippen molar-refractivity contribution in [1.29, 1.82) is 0 Å². The van der Waals surface area contributed by atoms with Gasteiger partial charge in [0.2, 0.25) is 5.89 Å². The minimum Gasteiger partial charge on any atom is -0.414 e. The van der Waals surface area contributed by atoms with Crippen LogP contribution in [0, 0.1) is 17.0 Å². The fourth-order valence-electron chi connectivity index (χ4n) is 1.82. The number of aliphatic hydroxyl groups excluding tert-OH is 1. The van der Waals surface area contributed by atoms with Gasteiger partial charge in [-0.15, -0.1) is 10.2 Å². The Labute approximate surface area is 135 Å². The SMILES string of the molecule is Cc1c(C(=O)NCc2nnc(SCCO)o2)cccc1[N+](=O)[O-]. The maximum atomic E-state index is 12.1. The van der Waals surface area contributed by atoms with Crippen LogP contribution in [0.25, 0.3) is 0 Å². The first-order valence-corrected chi connectivity index (χ1v) is 7.59. The van der Waals surface area contributed by atoms with E-state index in [0.29, 0.717) is 16.5 Å². The second kappa shape index (κ2) is 7.70. The van der Waals surface area contributed by atoms with Crippen LogP contribution in [0.1, 0.15) is 21.8 Å². The molecule has 1 aromatic heterocycles. The zero-order valence-corrected chi connectivity index (χ0v) is 13.0. The third kappa shape index (κ3) is 4.27. The summed E-state index contributed by atoms with van der Waals surface area (Å²) in [6, 6.07) is 4.30. The molecule has 0 saturated heterocycles. The Morgan fingerprint density at radius 3 is 2.96 bits per heavy atom. The molecular formula is C13H14N4O5S. The fourth-order valence-corrected chi connectivity index (χ4v) is 2.34. The van der Waals surface area contributed by atoms with Gasteiger partial charge in [0.15, 0.2) is 0 Å². The smallest absolute Gasteiger partial charge is 0.276 e. The fraction of sp³-hybridized carbons (Fsp3) is 0.308. The highest BCUT2D eigenvalue weighted by Gasteiger charge is 2.18. The molecule has 1 amide bonds. The van der Waals surface area contributed by atoms with Crippen molar-refractivity contribution in [3.63, 3.8) is 0 Å². The van der Waals surface area contributed by atoms with Crippen molar-refractivity contribution in [2.75, 3.05) is 12.4 Å². The monoisotopic (exact) mass is 338 g/mol. The first-order valence-electron chi connectivity index (χ1n) is 6.61. The van der Waals surface area contributed by atoms with Crippen LogP contribution in [-0.4, -0.2) is 38.5 Å². The Hall–Kier alpha value is -2.46. The first kappa shape index (κ1) is 16.9. The highest BCUT2D eigenvalue weighted by molar-refractivity contribution is 7.99. The molecule has 23 heavy (non-hydrogen) atoms. The van der Waals surface area contributed by atoms with E-state index in [0.717, 1.165) is 0 Å². The Kier molecular flexibility index (Phi) is 5.66. The largest absolute Gasteiger partial charge is 0.414 e. The number of carbonyl (C=O) groups is 1. The molecule has 0 fully saturated rings. The van der Waals surface area contributed by atoms with Gasteiger partial charge in [-0.2, -0.15) is 0 Å². The van der Waals surface area contributed by atoms with Gasteiger partial charge < -0.3 is 14.8 Å². The average Bonchev–Trinajstić information content (AvgIpc) is 2.98. The second-order valence-corrected chi connectivity index (χ2v) is 5.47. The molecule has 0 bridgehead atoms. The van der Waals surface area contributed by atoms with Crippen molar-refractivity contribution in [3.05, 3.63) is 45.3 Å². The molecule has 0 spiro atoms. The van der Waals surface area contributed by atoms with Crippen molar-refractivity contribution in [2.24, 2.45) is 0 Å². The van der Waals surface area contributed by atoms with Crippen LogP contribution < -0.4 is 5.32 Å². The Bertz CT molecular complexity index is 718. The van der Waals surface area contributed by atoms with Gasteiger partial charge in [0, 0.05) is 22.9 Å². The molecule has 2 aromatic rings. The maximum Gasteiger partial charge on any atom is 0.276 e. The predicted octanol–water partition coefficient (Wildman–Crippen LogP) is 1.30. The summed E-state index contributed by atoms with van der Waals surface area (Å²) in [6.45, 7) is 1.52. The van der Waals surface area contributed by atoms with Crippen LogP contribution in [0.4, 0.5) is 5.69 Å². The summed E-state index contributed by atoms with van der Waals surface area (Å²) in [7, 11) is 0. The molecule has 1 aromatic carbocycles. The molecule has 1 heterocycles. The van der Waals surface area contributed by atoms with E-state index >= 15 is 0 Å². The van der Waals surface area contributed by atoms with Gasteiger partial charge in [0.05, 0.1) is 18.1 Å². The predicted molar refractivity (Wildman–Crippen MR) is 81.1 cm³/mol. The van der Waals surface area contributed by atoms with Crippen molar-refractivity contribution in [3.8, 4) is 0 Å². The van der Waals surface area contributed by atoms with E-state index in [2.05, 4.69) is 15.5 Å². The van der Waals surface area contributed by atoms with Crippen LogP contribution >= 0.6 is 11.8 Å². The zero-order chi connectivity index (χ0) is 16.8. The molecule has 0 atom stereocenters. The van der Waals surface area contributed by atoms with Crippen molar-refractivity contribution in [2.45, 2.75) is 18.7 Å². The van der Waals surface area contributed by atoms with E-state index in [1.165, 1.54) is 36.9 Å². The molecule has 2 rings (SSSR count). The Morgan fingerprint density at radius 1 is 1.48 bits per heavy atom. The molecule has 0 aliphatic heterocycles. The quantitative estimate of drug-likeness (QED) is 0.439. The Morgan fingerprint density at radius 2 is 2.26 bits per heavy atom. The van der Waals surface area contributed by atoms with Gasteiger partial charge >= 0.3 is 0 Å². The number of hydrogen-bond donors (Lipinski definition) is 2. The molecule has 0 unspecified atom stereocenters. The van der Waals surface area contributed by atoms with E-state index in [1.807, 2.05) is 0 Å². The number of aromatic nitrogens is 2. The zero-order valence-electron chi connectivity index (χ0n) is 12.2. The third-order valence-corrected chi connectivity index (χ3v) is 3.71. The lowest BCUT2D eigenvalue weighted by Gasteiger charge is -2.06. The van der Waals surface area contributed by atoms with Gasteiger partial charge in [-0.3, -0.25) is 14.9 Å². The summed E-state index contributed by atoms with van der Waals surface area (Å²) in [6.07, 6.45) is 0. The maximum absolute atomic E-state index is 12.1. The molecule has 10 heteroatoms. The van der Waals surface area contributed by atoms with Crippen LogP contribution in [0.2, 0.25) is 0 Å². The third-order valence-electron chi connectivity index (χ3n) is 2.91. The summed E-state index contributed by atoms with van der Waals surface area (Å²) in [5.41, 5.74) is 0.395. The standard InChI is InChI=1S/C13H14N4O5S/c1-8-9(3-2-4-10(8)17(20)21)12(19)14-7-11-15-16-13(22-11)23-6-5-18/h2-4,18H,5-7H2,1H3,(H,14,19). The number of rotatable bonds is 7. The molecule has 0 aliphatic carbocycles. The van der Waals surface area contributed by atoms with E-state index < -0.39 is 10.8 Å². The summed E-state index contributed by atoms with van der Waals surface area (Å²) in [5, 5.41) is 30.0. The highest BCUT2D eigenvalue weighted by Crippen LogP contribution is 2.21. The summed E-state index contributed by atoms with van der Waals surface area (Å²) in [5.74, 6) is 0.178. The minimum absolute atomic E-state index is 0.00759. The normalized spacial score (nSPS) is 10.5.